The Hall–Kier alpha value is -1.41. The number of fused-ring (bicyclic) bond motifs is 1. The van der Waals surface area contributed by atoms with Gasteiger partial charge in [-0.25, -0.2) is 0 Å². The second-order valence-corrected chi connectivity index (χ2v) is 6.07. The molecular formula is C20H33NO. The third-order valence-corrected chi connectivity index (χ3v) is 3.88. The van der Waals surface area contributed by atoms with E-state index in [1.807, 2.05) is 13.8 Å². The molecule has 0 bridgehead atoms. The van der Waals surface area contributed by atoms with Gasteiger partial charge in [-0.3, -0.25) is 0 Å². The highest BCUT2D eigenvalue weighted by molar-refractivity contribution is 5.78. The Labute approximate surface area is 136 Å². The molecule has 2 N–H and O–H groups in total. The van der Waals surface area contributed by atoms with Gasteiger partial charge in [0, 0.05) is 5.71 Å². The standard InChI is InChI=1S/C12H14.C4H9N.C4H10O/c1-9-7-11-5-3-4-6-12(11)8-10(9)2;2*1-3-4(2)5/h3-6H,7-8H2,1-2H3;5H,3H2,1-2H3;4-5H,3H2,1-2H3. The van der Waals surface area contributed by atoms with E-state index in [1.165, 1.54) is 11.1 Å². The average Bonchev–Trinajstić information content (AvgIpc) is 2.49. The number of rotatable bonds is 2. The van der Waals surface area contributed by atoms with Crippen molar-refractivity contribution < 1.29 is 5.11 Å². The summed E-state index contributed by atoms with van der Waals surface area (Å²) in [5.74, 6) is 0. The lowest BCUT2D eigenvalue weighted by molar-refractivity contribution is 0.191. The van der Waals surface area contributed by atoms with Gasteiger partial charge in [0.2, 0.25) is 0 Å². The van der Waals surface area contributed by atoms with Gasteiger partial charge < -0.3 is 10.5 Å². The molecule has 0 radical (unpaired) electrons. The molecule has 0 aromatic heterocycles. The summed E-state index contributed by atoms with van der Waals surface area (Å²) >= 11 is 0. The number of aliphatic hydroxyl groups is 1. The molecule has 0 heterocycles. The van der Waals surface area contributed by atoms with E-state index in [0.717, 1.165) is 31.4 Å². The molecule has 124 valence electrons. The van der Waals surface area contributed by atoms with Crippen LogP contribution in [0.15, 0.2) is 35.4 Å². The number of aliphatic hydroxyl groups excluding tert-OH is 1. The summed E-state index contributed by atoms with van der Waals surface area (Å²) in [6.45, 7) is 12.0. The molecule has 1 aliphatic rings. The zero-order chi connectivity index (χ0) is 17.1. The van der Waals surface area contributed by atoms with Crippen LogP contribution in [-0.2, 0) is 12.8 Å². The summed E-state index contributed by atoms with van der Waals surface area (Å²) in [7, 11) is 0. The topological polar surface area (TPSA) is 44.1 Å². The molecule has 0 fully saturated rings. The van der Waals surface area contributed by atoms with Crippen molar-refractivity contribution in [1.82, 2.24) is 0 Å². The lowest BCUT2D eigenvalue weighted by Crippen LogP contribution is -2.04. The first-order valence-electron chi connectivity index (χ1n) is 8.25. The van der Waals surface area contributed by atoms with Gasteiger partial charge in [0.05, 0.1) is 6.10 Å². The van der Waals surface area contributed by atoms with Crippen LogP contribution in [0.4, 0.5) is 0 Å². The third-order valence-electron chi connectivity index (χ3n) is 3.88. The number of allylic oxidation sites excluding steroid dienone is 2. The van der Waals surface area contributed by atoms with Crippen LogP contribution in [0.2, 0.25) is 0 Å². The van der Waals surface area contributed by atoms with Gasteiger partial charge in [0.1, 0.15) is 0 Å². The smallest absolute Gasteiger partial charge is 0.0509 e. The van der Waals surface area contributed by atoms with Gasteiger partial charge >= 0.3 is 0 Å². The second-order valence-electron chi connectivity index (χ2n) is 6.07. The highest BCUT2D eigenvalue weighted by Crippen LogP contribution is 2.24. The quantitative estimate of drug-likeness (QED) is 0.562. The molecule has 0 amide bonds. The lowest BCUT2D eigenvalue weighted by Gasteiger charge is -2.18. The maximum absolute atomic E-state index is 8.36. The normalized spacial score (nSPS) is 14.0. The summed E-state index contributed by atoms with van der Waals surface area (Å²) < 4.78 is 0. The molecule has 22 heavy (non-hydrogen) atoms. The molecule has 0 aliphatic heterocycles. The van der Waals surface area contributed by atoms with E-state index in [-0.39, 0.29) is 6.10 Å². The molecular weight excluding hydrogens is 270 g/mol. The fourth-order valence-corrected chi connectivity index (χ4v) is 1.78. The second kappa shape index (κ2) is 11.2. The zero-order valence-electron chi connectivity index (χ0n) is 15.2. The Morgan fingerprint density at radius 3 is 1.64 bits per heavy atom. The zero-order valence-corrected chi connectivity index (χ0v) is 15.2. The van der Waals surface area contributed by atoms with E-state index in [0.29, 0.717) is 0 Å². The molecule has 2 nitrogen and oxygen atoms in total. The van der Waals surface area contributed by atoms with Crippen LogP contribution in [0, 0.1) is 5.41 Å². The summed E-state index contributed by atoms with van der Waals surface area (Å²) in [6, 6.07) is 8.75. The van der Waals surface area contributed by atoms with E-state index < -0.39 is 0 Å². The van der Waals surface area contributed by atoms with Crippen LogP contribution >= 0.6 is 0 Å². The summed E-state index contributed by atoms with van der Waals surface area (Å²) in [4.78, 5) is 0. The van der Waals surface area contributed by atoms with Crippen LogP contribution in [0.5, 0.6) is 0 Å². The predicted molar refractivity (Wildman–Crippen MR) is 97.9 cm³/mol. The van der Waals surface area contributed by atoms with E-state index in [4.69, 9.17) is 10.5 Å². The fourth-order valence-electron chi connectivity index (χ4n) is 1.78. The van der Waals surface area contributed by atoms with Crippen LogP contribution in [0.1, 0.15) is 65.5 Å². The van der Waals surface area contributed by atoms with Crippen molar-refractivity contribution in [3.8, 4) is 0 Å². The van der Waals surface area contributed by atoms with Crippen molar-refractivity contribution in [2.75, 3.05) is 0 Å². The van der Waals surface area contributed by atoms with Gasteiger partial charge in [0.15, 0.2) is 0 Å². The van der Waals surface area contributed by atoms with Crippen molar-refractivity contribution in [3.63, 3.8) is 0 Å². The summed E-state index contributed by atoms with van der Waals surface area (Å²) in [5, 5.41) is 15.1. The highest BCUT2D eigenvalue weighted by atomic mass is 16.3. The lowest BCUT2D eigenvalue weighted by atomic mass is 9.88. The van der Waals surface area contributed by atoms with Gasteiger partial charge in [-0.1, -0.05) is 49.3 Å². The maximum Gasteiger partial charge on any atom is 0.0509 e. The van der Waals surface area contributed by atoms with E-state index in [1.54, 1.807) is 25.0 Å². The van der Waals surface area contributed by atoms with Gasteiger partial charge in [-0.05, 0) is 64.5 Å². The van der Waals surface area contributed by atoms with Crippen LogP contribution in [0.3, 0.4) is 0 Å². The van der Waals surface area contributed by atoms with Crippen molar-refractivity contribution in [2.24, 2.45) is 0 Å². The first-order valence-corrected chi connectivity index (χ1v) is 8.25. The Morgan fingerprint density at radius 2 is 1.41 bits per heavy atom. The fraction of sp³-hybridized carbons (Fsp3) is 0.550. The van der Waals surface area contributed by atoms with Crippen LogP contribution in [-0.4, -0.2) is 16.9 Å². The van der Waals surface area contributed by atoms with Gasteiger partial charge in [-0.2, -0.15) is 0 Å². The SMILES string of the molecule is CC1=C(C)Cc2ccccc2C1.CCC(C)=N.CCC(C)O. The molecule has 1 aromatic carbocycles. The molecule has 0 saturated carbocycles. The number of benzene rings is 1. The van der Waals surface area contributed by atoms with E-state index in [9.17, 15) is 0 Å². The van der Waals surface area contributed by atoms with Crippen LogP contribution < -0.4 is 0 Å². The number of nitrogens with one attached hydrogen (secondary N) is 1. The van der Waals surface area contributed by atoms with Crippen molar-refractivity contribution >= 4 is 5.71 Å². The highest BCUT2D eigenvalue weighted by Gasteiger charge is 2.10. The molecule has 0 saturated heterocycles. The molecule has 1 unspecified atom stereocenters. The average molecular weight is 303 g/mol. The molecule has 1 aromatic rings. The largest absolute Gasteiger partial charge is 0.393 e. The van der Waals surface area contributed by atoms with Gasteiger partial charge in [-0.15, -0.1) is 0 Å². The van der Waals surface area contributed by atoms with Crippen molar-refractivity contribution in [2.45, 2.75) is 73.3 Å². The molecule has 1 aliphatic carbocycles. The number of hydrogen-bond donors (Lipinski definition) is 2. The molecule has 2 rings (SSSR count). The Kier molecular flexibility index (Phi) is 10.5. The van der Waals surface area contributed by atoms with Crippen molar-refractivity contribution in [1.29, 1.82) is 5.41 Å². The Bertz CT molecular complexity index is 453. The van der Waals surface area contributed by atoms with Gasteiger partial charge in [0.25, 0.3) is 0 Å². The summed E-state index contributed by atoms with van der Waals surface area (Å²) in [5.41, 5.74) is 6.88. The first kappa shape index (κ1) is 20.6. The predicted octanol–water partition coefficient (Wildman–Crippen LogP) is 5.33. The monoisotopic (exact) mass is 303 g/mol. The third kappa shape index (κ3) is 8.78. The Balaban J connectivity index is 0.000000372. The van der Waals surface area contributed by atoms with E-state index >= 15 is 0 Å². The minimum atomic E-state index is -0.116. The van der Waals surface area contributed by atoms with Crippen LogP contribution in [0.25, 0.3) is 0 Å². The van der Waals surface area contributed by atoms with Crippen molar-refractivity contribution in [3.05, 3.63) is 46.5 Å². The molecule has 2 heteroatoms. The number of hydrogen-bond acceptors (Lipinski definition) is 2. The first-order chi connectivity index (χ1) is 10.3. The minimum absolute atomic E-state index is 0.116. The minimum Gasteiger partial charge on any atom is -0.393 e. The Morgan fingerprint density at radius 1 is 1.09 bits per heavy atom. The maximum atomic E-state index is 8.36. The molecule has 0 spiro atoms. The summed E-state index contributed by atoms with van der Waals surface area (Å²) in [6.07, 6.45) is 3.94. The van der Waals surface area contributed by atoms with E-state index in [2.05, 4.69) is 38.1 Å². The molecule has 1 atom stereocenters.